The average Bonchev–Trinajstić information content (AvgIpc) is 2.83. The van der Waals surface area contributed by atoms with Crippen LogP contribution >= 0.6 is 0 Å². The lowest BCUT2D eigenvalue weighted by atomic mass is 9.88. The Morgan fingerprint density at radius 1 is 1.37 bits per heavy atom. The van der Waals surface area contributed by atoms with E-state index in [1.807, 2.05) is 20.8 Å². The molecule has 2 fully saturated rings. The first-order valence-corrected chi connectivity index (χ1v) is 6.61. The van der Waals surface area contributed by atoms with Crippen LogP contribution in [0.25, 0.3) is 0 Å². The maximum atomic E-state index is 12.3. The Balaban J connectivity index is 2.25. The first-order chi connectivity index (χ1) is 8.81. The number of esters is 1. The molecule has 6 heteroatoms. The zero-order valence-corrected chi connectivity index (χ0v) is 12.0. The fraction of sp³-hybridized carbons (Fsp3) is 0.846. The van der Waals surface area contributed by atoms with E-state index in [1.54, 1.807) is 0 Å². The van der Waals surface area contributed by atoms with Crippen LogP contribution in [0.3, 0.4) is 0 Å². The van der Waals surface area contributed by atoms with Crippen LogP contribution in [0.4, 0.5) is 4.79 Å². The van der Waals surface area contributed by atoms with Crippen LogP contribution in [0.1, 0.15) is 27.2 Å². The van der Waals surface area contributed by atoms with E-state index in [-0.39, 0.29) is 11.9 Å². The second kappa shape index (κ2) is 4.67. The standard InChI is InChI=1S/C13H22N2O4/c1-12(2,3)19-11(17)15-6-5-9-7-14-8-13(9,15)10(16)18-4/h9,14H,5-8H2,1-4H3. The van der Waals surface area contributed by atoms with E-state index in [9.17, 15) is 9.59 Å². The van der Waals surface area contributed by atoms with Crippen molar-refractivity contribution >= 4 is 12.1 Å². The van der Waals surface area contributed by atoms with E-state index in [4.69, 9.17) is 9.47 Å². The number of hydrogen-bond donors (Lipinski definition) is 1. The molecule has 2 atom stereocenters. The van der Waals surface area contributed by atoms with Crippen LogP contribution in [0.5, 0.6) is 0 Å². The Bertz CT molecular complexity index is 391. The molecule has 1 amide bonds. The van der Waals surface area contributed by atoms with Gasteiger partial charge in [0.25, 0.3) is 0 Å². The van der Waals surface area contributed by atoms with E-state index >= 15 is 0 Å². The lowest BCUT2D eigenvalue weighted by molar-refractivity contribution is -0.153. The number of amides is 1. The highest BCUT2D eigenvalue weighted by Gasteiger charge is 2.60. The number of likely N-dealkylation sites (tertiary alicyclic amines) is 1. The van der Waals surface area contributed by atoms with Gasteiger partial charge in [0.05, 0.1) is 7.11 Å². The van der Waals surface area contributed by atoms with Crippen molar-refractivity contribution in [2.24, 2.45) is 5.92 Å². The number of hydrogen-bond acceptors (Lipinski definition) is 5. The molecule has 0 saturated carbocycles. The molecule has 108 valence electrons. The van der Waals surface area contributed by atoms with Gasteiger partial charge < -0.3 is 14.8 Å². The summed E-state index contributed by atoms with van der Waals surface area (Å²) in [5, 5.41) is 3.18. The molecule has 19 heavy (non-hydrogen) atoms. The van der Waals surface area contributed by atoms with Gasteiger partial charge in [-0.2, -0.15) is 0 Å². The zero-order chi connectivity index (χ0) is 14.3. The van der Waals surface area contributed by atoms with Gasteiger partial charge in [0.2, 0.25) is 0 Å². The average molecular weight is 270 g/mol. The molecule has 2 rings (SSSR count). The smallest absolute Gasteiger partial charge is 0.411 e. The fourth-order valence-electron chi connectivity index (χ4n) is 2.99. The second-order valence-electron chi connectivity index (χ2n) is 6.16. The Hall–Kier alpha value is -1.30. The lowest BCUT2D eigenvalue weighted by Crippen LogP contribution is -2.58. The van der Waals surface area contributed by atoms with Crippen LogP contribution in [0, 0.1) is 5.92 Å². The molecule has 2 heterocycles. The molecule has 0 spiro atoms. The summed E-state index contributed by atoms with van der Waals surface area (Å²) in [5.41, 5.74) is -1.46. The quantitative estimate of drug-likeness (QED) is 0.712. The highest BCUT2D eigenvalue weighted by atomic mass is 16.6. The summed E-state index contributed by atoms with van der Waals surface area (Å²) in [4.78, 5) is 26.0. The predicted octanol–water partition coefficient (Wildman–Crippen LogP) is 0.758. The SMILES string of the molecule is COC(=O)C12CNCC1CCN2C(=O)OC(C)(C)C. The minimum atomic E-state index is -0.892. The van der Waals surface area contributed by atoms with Crippen molar-refractivity contribution in [1.82, 2.24) is 10.2 Å². The van der Waals surface area contributed by atoms with Gasteiger partial charge in [-0.05, 0) is 27.2 Å². The maximum Gasteiger partial charge on any atom is 0.411 e. The van der Waals surface area contributed by atoms with Crippen LogP contribution in [-0.2, 0) is 14.3 Å². The summed E-state index contributed by atoms with van der Waals surface area (Å²) < 4.78 is 10.3. The van der Waals surface area contributed by atoms with Gasteiger partial charge in [-0.1, -0.05) is 0 Å². The molecule has 0 radical (unpaired) electrons. The van der Waals surface area contributed by atoms with E-state index < -0.39 is 17.2 Å². The van der Waals surface area contributed by atoms with Crippen molar-refractivity contribution in [3.05, 3.63) is 0 Å². The van der Waals surface area contributed by atoms with E-state index in [2.05, 4.69) is 5.32 Å². The molecule has 2 aliphatic rings. The van der Waals surface area contributed by atoms with Gasteiger partial charge in [0, 0.05) is 25.6 Å². The minimum absolute atomic E-state index is 0.104. The van der Waals surface area contributed by atoms with Crippen molar-refractivity contribution in [2.45, 2.75) is 38.3 Å². The van der Waals surface area contributed by atoms with Crippen LogP contribution in [0.2, 0.25) is 0 Å². The first-order valence-electron chi connectivity index (χ1n) is 6.61. The summed E-state index contributed by atoms with van der Waals surface area (Å²) >= 11 is 0. The summed E-state index contributed by atoms with van der Waals surface area (Å²) in [5.74, 6) is -0.252. The monoisotopic (exact) mass is 270 g/mol. The molecule has 2 aliphatic heterocycles. The van der Waals surface area contributed by atoms with Gasteiger partial charge >= 0.3 is 12.1 Å². The highest BCUT2D eigenvalue weighted by molar-refractivity contribution is 5.88. The first kappa shape index (κ1) is 14.1. The molecular weight excluding hydrogens is 248 g/mol. The second-order valence-corrected chi connectivity index (χ2v) is 6.16. The normalized spacial score (nSPS) is 30.1. The molecule has 0 aromatic heterocycles. The minimum Gasteiger partial charge on any atom is -0.467 e. The molecule has 0 aromatic rings. The van der Waals surface area contributed by atoms with Crippen LogP contribution in [0.15, 0.2) is 0 Å². The number of ether oxygens (including phenoxy) is 2. The Labute approximate surface area is 113 Å². The Morgan fingerprint density at radius 3 is 2.63 bits per heavy atom. The van der Waals surface area contributed by atoms with Gasteiger partial charge in [-0.25, -0.2) is 9.59 Å². The molecule has 2 unspecified atom stereocenters. The number of nitrogens with zero attached hydrogens (tertiary/aromatic N) is 1. The topological polar surface area (TPSA) is 67.9 Å². The largest absolute Gasteiger partial charge is 0.467 e. The van der Waals surface area contributed by atoms with Gasteiger partial charge in [0.1, 0.15) is 5.60 Å². The Morgan fingerprint density at radius 2 is 2.05 bits per heavy atom. The summed E-state index contributed by atoms with van der Waals surface area (Å²) in [6, 6.07) is 0. The number of methoxy groups -OCH3 is 1. The van der Waals surface area contributed by atoms with E-state index in [0.717, 1.165) is 13.0 Å². The number of fused-ring (bicyclic) bond motifs is 1. The van der Waals surface area contributed by atoms with Crippen molar-refractivity contribution < 1.29 is 19.1 Å². The van der Waals surface area contributed by atoms with Crippen LogP contribution < -0.4 is 5.32 Å². The third-order valence-corrected chi connectivity index (χ3v) is 3.80. The molecule has 2 saturated heterocycles. The molecule has 0 aromatic carbocycles. The number of nitrogens with one attached hydrogen (secondary N) is 1. The van der Waals surface area contributed by atoms with E-state index in [0.29, 0.717) is 13.1 Å². The molecule has 1 N–H and O–H groups in total. The summed E-state index contributed by atoms with van der Waals surface area (Å²) in [7, 11) is 1.36. The molecule has 0 aliphatic carbocycles. The number of carbonyl (C=O) groups excluding carboxylic acids is 2. The summed E-state index contributed by atoms with van der Waals surface area (Å²) in [6.07, 6.45) is 0.352. The van der Waals surface area contributed by atoms with Crippen molar-refractivity contribution in [3.63, 3.8) is 0 Å². The van der Waals surface area contributed by atoms with Crippen molar-refractivity contribution in [3.8, 4) is 0 Å². The van der Waals surface area contributed by atoms with Crippen molar-refractivity contribution in [1.29, 1.82) is 0 Å². The number of carbonyl (C=O) groups is 2. The lowest BCUT2D eigenvalue weighted by Gasteiger charge is -2.36. The predicted molar refractivity (Wildman–Crippen MR) is 68.7 cm³/mol. The molecule has 6 nitrogen and oxygen atoms in total. The van der Waals surface area contributed by atoms with Crippen molar-refractivity contribution in [2.75, 3.05) is 26.7 Å². The maximum absolute atomic E-state index is 12.3. The third-order valence-electron chi connectivity index (χ3n) is 3.80. The third kappa shape index (κ3) is 2.29. The number of rotatable bonds is 1. The Kier molecular flexibility index (Phi) is 3.47. The summed E-state index contributed by atoms with van der Waals surface area (Å²) in [6.45, 7) is 7.15. The fourth-order valence-corrected chi connectivity index (χ4v) is 2.99. The van der Waals surface area contributed by atoms with Crippen LogP contribution in [-0.4, -0.2) is 54.8 Å². The van der Waals surface area contributed by atoms with Gasteiger partial charge in [0.15, 0.2) is 5.54 Å². The zero-order valence-electron chi connectivity index (χ0n) is 12.0. The van der Waals surface area contributed by atoms with Gasteiger partial charge in [-0.3, -0.25) is 4.90 Å². The van der Waals surface area contributed by atoms with Gasteiger partial charge in [-0.15, -0.1) is 0 Å². The highest BCUT2D eigenvalue weighted by Crippen LogP contribution is 2.39. The molecular formula is C13H22N2O4. The molecule has 0 bridgehead atoms. The van der Waals surface area contributed by atoms with E-state index in [1.165, 1.54) is 12.0 Å².